The van der Waals surface area contributed by atoms with E-state index in [0.29, 0.717) is 6.42 Å². The molecule has 0 aliphatic carbocycles. The molecule has 0 aromatic carbocycles. The van der Waals surface area contributed by atoms with Crippen LogP contribution in [0.5, 0.6) is 0 Å². The number of hydrogen-bond acceptors (Lipinski definition) is 3. The van der Waals surface area contributed by atoms with E-state index in [1.165, 1.54) is 11.9 Å². The molecule has 0 heterocycles. The van der Waals surface area contributed by atoms with Crippen molar-refractivity contribution in [2.24, 2.45) is 0 Å². The van der Waals surface area contributed by atoms with E-state index in [9.17, 15) is 9.59 Å². The summed E-state index contributed by atoms with van der Waals surface area (Å²) in [5, 5.41) is 20.6. The third-order valence-corrected chi connectivity index (χ3v) is 3.04. The van der Waals surface area contributed by atoms with Crippen LogP contribution < -0.4 is 5.32 Å². The number of likely N-dealkylation sites (N-methyl/N-ethyl adjacent to an activating group) is 1. The van der Waals surface area contributed by atoms with Gasteiger partial charge in [-0.25, -0.2) is 9.59 Å². The van der Waals surface area contributed by atoms with Gasteiger partial charge in [0.2, 0.25) is 0 Å². The maximum atomic E-state index is 11.9. The van der Waals surface area contributed by atoms with Crippen LogP contribution in [0.4, 0.5) is 4.79 Å². The first-order chi connectivity index (χ1) is 8.26. The lowest BCUT2D eigenvalue weighted by Crippen LogP contribution is -2.54. The maximum Gasteiger partial charge on any atom is 0.326 e. The van der Waals surface area contributed by atoms with E-state index in [2.05, 4.69) is 5.32 Å². The van der Waals surface area contributed by atoms with Gasteiger partial charge in [0.15, 0.2) is 0 Å². The van der Waals surface area contributed by atoms with Crippen LogP contribution in [0.25, 0.3) is 0 Å². The highest BCUT2D eigenvalue weighted by Crippen LogP contribution is 2.11. The summed E-state index contributed by atoms with van der Waals surface area (Å²) in [7, 11) is 1.53. The highest BCUT2D eigenvalue weighted by atomic mass is 16.4. The number of carbonyl (C=O) groups is 2. The standard InChI is InChI=1S/C12H24N2O4/c1-5-6-7-9(10(16)17)13-11(18)14(4)12(2,3)8-15/h9,15H,5-8H2,1-4H3,(H,13,18)(H,16,17). The number of amides is 2. The minimum atomic E-state index is -1.04. The Hall–Kier alpha value is -1.30. The molecule has 0 saturated carbocycles. The molecule has 1 unspecified atom stereocenters. The second-order valence-corrected chi connectivity index (χ2v) is 5.01. The Morgan fingerprint density at radius 1 is 1.39 bits per heavy atom. The minimum Gasteiger partial charge on any atom is -0.480 e. The van der Waals surface area contributed by atoms with Gasteiger partial charge in [-0.3, -0.25) is 0 Å². The predicted molar refractivity (Wildman–Crippen MR) is 68.4 cm³/mol. The van der Waals surface area contributed by atoms with Crippen molar-refractivity contribution >= 4 is 12.0 Å². The van der Waals surface area contributed by atoms with E-state index >= 15 is 0 Å². The number of nitrogens with zero attached hydrogens (tertiary/aromatic N) is 1. The Labute approximate surface area is 108 Å². The Kier molecular flexibility index (Phi) is 6.68. The van der Waals surface area contributed by atoms with Crippen molar-refractivity contribution in [2.45, 2.75) is 51.6 Å². The second-order valence-electron chi connectivity index (χ2n) is 5.01. The van der Waals surface area contributed by atoms with Crippen LogP contribution in [-0.2, 0) is 4.79 Å². The van der Waals surface area contributed by atoms with Gasteiger partial charge in [-0.2, -0.15) is 0 Å². The van der Waals surface area contributed by atoms with Crippen molar-refractivity contribution in [1.82, 2.24) is 10.2 Å². The number of urea groups is 1. The van der Waals surface area contributed by atoms with Gasteiger partial charge >= 0.3 is 12.0 Å². The van der Waals surface area contributed by atoms with Crippen LogP contribution in [0.1, 0.15) is 40.0 Å². The van der Waals surface area contributed by atoms with Gasteiger partial charge in [0.05, 0.1) is 12.1 Å². The molecule has 6 heteroatoms. The molecule has 106 valence electrons. The smallest absolute Gasteiger partial charge is 0.326 e. The van der Waals surface area contributed by atoms with E-state index in [1.807, 2.05) is 6.92 Å². The van der Waals surface area contributed by atoms with E-state index < -0.39 is 23.6 Å². The molecule has 6 nitrogen and oxygen atoms in total. The summed E-state index contributed by atoms with van der Waals surface area (Å²) in [5.41, 5.74) is -0.724. The molecule has 0 radical (unpaired) electrons. The topological polar surface area (TPSA) is 89.9 Å². The Bertz CT molecular complexity index is 292. The molecule has 0 aromatic rings. The number of carboxylic acids is 1. The lowest BCUT2D eigenvalue weighted by molar-refractivity contribution is -0.139. The number of unbranched alkanes of at least 4 members (excludes halogenated alkanes) is 1. The Morgan fingerprint density at radius 3 is 2.33 bits per heavy atom. The van der Waals surface area contributed by atoms with Crippen LogP contribution in [-0.4, -0.2) is 52.3 Å². The average molecular weight is 260 g/mol. The average Bonchev–Trinajstić information content (AvgIpc) is 2.32. The molecule has 1 atom stereocenters. The summed E-state index contributed by atoms with van der Waals surface area (Å²) >= 11 is 0. The fraction of sp³-hybridized carbons (Fsp3) is 0.833. The molecule has 0 rings (SSSR count). The molecule has 0 aromatic heterocycles. The van der Waals surface area contributed by atoms with Gasteiger partial charge in [-0.15, -0.1) is 0 Å². The van der Waals surface area contributed by atoms with E-state index in [-0.39, 0.29) is 6.61 Å². The van der Waals surface area contributed by atoms with Gasteiger partial charge in [0.25, 0.3) is 0 Å². The zero-order chi connectivity index (χ0) is 14.3. The minimum absolute atomic E-state index is 0.191. The molecular formula is C12H24N2O4. The van der Waals surface area contributed by atoms with E-state index in [4.69, 9.17) is 10.2 Å². The largest absolute Gasteiger partial charge is 0.480 e. The number of hydrogen-bond donors (Lipinski definition) is 3. The fourth-order valence-corrected chi connectivity index (χ4v) is 1.29. The molecule has 0 fully saturated rings. The third-order valence-electron chi connectivity index (χ3n) is 3.04. The first kappa shape index (κ1) is 16.7. The molecule has 0 aliphatic heterocycles. The lowest BCUT2D eigenvalue weighted by Gasteiger charge is -2.34. The summed E-state index contributed by atoms with van der Waals surface area (Å²) in [6, 6.07) is -1.37. The second kappa shape index (κ2) is 7.20. The molecule has 18 heavy (non-hydrogen) atoms. The summed E-state index contributed by atoms with van der Waals surface area (Å²) < 4.78 is 0. The van der Waals surface area contributed by atoms with Crippen molar-refractivity contribution in [3.05, 3.63) is 0 Å². The summed E-state index contributed by atoms with van der Waals surface area (Å²) in [6.45, 7) is 5.17. The van der Waals surface area contributed by atoms with Crippen LogP contribution in [0, 0.1) is 0 Å². The molecule has 0 saturated heterocycles. The Balaban J connectivity index is 4.55. The number of aliphatic hydroxyl groups is 1. The highest BCUT2D eigenvalue weighted by molar-refractivity contribution is 5.82. The summed E-state index contributed by atoms with van der Waals surface area (Å²) in [6.07, 6.45) is 2.02. The number of rotatable bonds is 7. The molecule has 0 aliphatic rings. The predicted octanol–water partition coefficient (Wildman–Crippen LogP) is 1.04. The molecule has 0 spiro atoms. The SMILES string of the molecule is CCCCC(NC(=O)N(C)C(C)(C)CO)C(=O)O. The number of aliphatic hydroxyl groups excluding tert-OH is 1. The van der Waals surface area contributed by atoms with Crippen molar-refractivity contribution in [3.8, 4) is 0 Å². The molecule has 0 bridgehead atoms. The third kappa shape index (κ3) is 4.91. The first-order valence-electron chi connectivity index (χ1n) is 6.14. The van der Waals surface area contributed by atoms with Gasteiger partial charge in [0.1, 0.15) is 6.04 Å². The van der Waals surface area contributed by atoms with Crippen molar-refractivity contribution < 1.29 is 19.8 Å². The fourth-order valence-electron chi connectivity index (χ4n) is 1.29. The number of aliphatic carboxylic acids is 1. The van der Waals surface area contributed by atoms with Crippen LogP contribution in [0.2, 0.25) is 0 Å². The highest BCUT2D eigenvalue weighted by Gasteiger charge is 2.29. The lowest BCUT2D eigenvalue weighted by atomic mass is 10.1. The van der Waals surface area contributed by atoms with Crippen LogP contribution in [0.3, 0.4) is 0 Å². The number of nitrogens with one attached hydrogen (secondary N) is 1. The van der Waals surface area contributed by atoms with Crippen molar-refractivity contribution in [1.29, 1.82) is 0 Å². The van der Waals surface area contributed by atoms with Crippen molar-refractivity contribution in [2.75, 3.05) is 13.7 Å². The van der Waals surface area contributed by atoms with Crippen LogP contribution in [0.15, 0.2) is 0 Å². The van der Waals surface area contributed by atoms with E-state index in [1.54, 1.807) is 13.8 Å². The normalized spacial score (nSPS) is 12.9. The van der Waals surface area contributed by atoms with Gasteiger partial charge < -0.3 is 20.4 Å². The molecule has 2 amide bonds. The quantitative estimate of drug-likeness (QED) is 0.638. The van der Waals surface area contributed by atoms with Crippen LogP contribution >= 0.6 is 0 Å². The van der Waals surface area contributed by atoms with E-state index in [0.717, 1.165) is 12.8 Å². The number of carboxylic acid groups (broad SMARTS) is 1. The maximum absolute atomic E-state index is 11.9. The summed E-state index contributed by atoms with van der Waals surface area (Å²) in [5.74, 6) is -1.04. The van der Waals surface area contributed by atoms with Crippen molar-refractivity contribution in [3.63, 3.8) is 0 Å². The van der Waals surface area contributed by atoms with Gasteiger partial charge in [-0.1, -0.05) is 19.8 Å². The zero-order valence-corrected chi connectivity index (χ0v) is 11.6. The first-order valence-corrected chi connectivity index (χ1v) is 6.14. The summed E-state index contributed by atoms with van der Waals surface area (Å²) in [4.78, 5) is 24.2. The number of carbonyl (C=O) groups excluding carboxylic acids is 1. The zero-order valence-electron chi connectivity index (χ0n) is 11.6. The van der Waals surface area contributed by atoms with Gasteiger partial charge in [0, 0.05) is 7.05 Å². The molecular weight excluding hydrogens is 236 g/mol. The van der Waals surface area contributed by atoms with Gasteiger partial charge in [-0.05, 0) is 20.3 Å². The molecule has 3 N–H and O–H groups in total. The monoisotopic (exact) mass is 260 g/mol. The Morgan fingerprint density at radius 2 is 1.94 bits per heavy atom.